The summed E-state index contributed by atoms with van der Waals surface area (Å²) in [7, 11) is 0.161. The van der Waals surface area contributed by atoms with E-state index < -0.39 is 20.3 Å². The summed E-state index contributed by atoms with van der Waals surface area (Å²) in [5, 5.41) is 2.09. The number of halogens is 1. The first-order chi connectivity index (χ1) is 19.2. The second-order valence-corrected chi connectivity index (χ2v) is 15.9. The third kappa shape index (κ3) is 7.84. The molecule has 3 aromatic rings. The average molecular weight is 673 g/mol. The van der Waals surface area contributed by atoms with Crippen LogP contribution in [0.15, 0.2) is 95.1 Å². The van der Waals surface area contributed by atoms with Crippen LogP contribution in [0.5, 0.6) is 5.75 Å². The van der Waals surface area contributed by atoms with Gasteiger partial charge in [0.1, 0.15) is 5.75 Å². The van der Waals surface area contributed by atoms with Gasteiger partial charge in [-0.3, -0.25) is 4.79 Å². The van der Waals surface area contributed by atoms with Crippen molar-refractivity contribution in [3.8, 4) is 5.75 Å². The Balaban J connectivity index is 2.03. The standard InChI is InChI=1S/C33H41IO5Si/c1-25(32(35)37-6)31(23-28(21-22-34)38-24-26-17-19-27(36-5)20-18-26)39-40(33(2,3)4,29-13-9-7-10-14-29)30-15-11-8-12-16-30/h7-22,25,28,31H,23-24H2,1-6H3/b22-21+/t25-,28-,31-/m1/s1. The van der Waals surface area contributed by atoms with Crippen molar-refractivity contribution in [2.45, 2.75) is 58.0 Å². The SMILES string of the molecule is COC(=O)[C@H](C)[C@@H](C[C@@H](/C=C/I)OCc1ccc(OC)cc1)O[Si](c1ccccc1)(c1ccccc1)C(C)(C)C. The molecule has 0 aromatic heterocycles. The van der Waals surface area contributed by atoms with Crippen molar-refractivity contribution in [3.05, 3.63) is 101 Å². The highest BCUT2D eigenvalue weighted by Crippen LogP contribution is 2.39. The van der Waals surface area contributed by atoms with Gasteiger partial charge in [0, 0.05) is 6.42 Å². The molecule has 0 saturated heterocycles. The Kier molecular flexibility index (Phi) is 12.0. The number of benzene rings is 3. The van der Waals surface area contributed by atoms with Crippen LogP contribution in [0.25, 0.3) is 0 Å². The fraction of sp³-hybridized carbons (Fsp3) is 0.364. The van der Waals surface area contributed by atoms with Gasteiger partial charge < -0.3 is 18.6 Å². The molecule has 0 aliphatic rings. The van der Waals surface area contributed by atoms with Crippen LogP contribution in [0.1, 0.15) is 39.7 Å². The zero-order chi connectivity index (χ0) is 29.2. The van der Waals surface area contributed by atoms with Crippen molar-refractivity contribution >= 4 is 47.3 Å². The molecule has 0 radical (unpaired) electrons. The zero-order valence-electron chi connectivity index (χ0n) is 24.3. The van der Waals surface area contributed by atoms with Crippen LogP contribution >= 0.6 is 22.6 Å². The van der Waals surface area contributed by atoms with E-state index in [0.29, 0.717) is 13.0 Å². The van der Waals surface area contributed by atoms with Gasteiger partial charge in [-0.25, -0.2) is 0 Å². The van der Waals surface area contributed by atoms with Crippen molar-refractivity contribution in [2.24, 2.45) is 5.92 Å². The van der Waals surface area contributed by atoms with Crippen molar-refractivity contribution in [2.75, 3.05) is 14.2 Å². The number of methoxy groups -OCH3 is 2. The molecule has 0 aliphatic carbocycles. The van der Waals surface area contributed by atoms with E-state index in [9.17, 15) is 4.79 Å². The number of carbonyl (C=O) groups is 1. The lowest BCUT2D eigenvalue weighted by Crippen LogP contribution is -2.68. The topological polar surface area (TPSA) is 54.0 Å². The quantitative estimate of drug-likeness (QED) is 0.115. The number of esters is 1. The molecule has 7 heteroatoms. The van der Waals surface area contributed by atoms with Gasteiger partial charge in [-0.2, -0.15) is 0 Å². The van der Waals surface area contributed by atoms with Crippen LogP contribution < -0.4 is 15.1 Å². The van der Waals surface area contributed by atoms with E-state index in [2.05, 4.69) is 91.9 Å². The second kappa shape index (κ2) is 15.0. The summed E-state index contributed by atoms with van der Waals surface area (Å²) in [5.41, 5.74) is 1.04. The lowest BCUT2D eigenvalue weighted by atomic mass is 9.99. The van der Waals surface area contributed by atoms with E-state index in [1.54, 1.807) is 7.11 Å². The molecule has 3 atom stereocenters. The summed E-state index contributed by atoms with van der Waals surface area (Å²) in [4.78, 5) is 13.0. The van der Waals surface area contributed by atoms with Crippen LogP contribution in [0, 0.1) is 5.92 Å². The average Bonchev–Trinajstić information content (AvgIpc) is 2.97. The molecular weight excluding hydrogens is 631 g/mol. The third-order valence-corrected chi connectivity index (χ3v) is 12.7. The minimum Gasteiger partial charge on any atom is -0.497 e. The van der Waals surface area contributed by atoms with Crippen molar-refractivity contribution in [1.82, 2.24) is 0 Å². The summed E-state index contributed by atoms with van der Waals surface area (Å²) in [5.74, 6) is 0.00904. The van der Waals surface area contributed by atoms with Crippen LogP contribution in [0.4, 0.5) is 0 Å². The van der Waals surface area contributed by atoms with Crippen molar-refractivity contribution in [1.29, 1.82) is 0 Å². The maximum Gasteiger partial charge on any atom is 0.310 e. The Labute approximate surface area is 254 Å². The Hall–Kier alpha value is -2.46. The van der Waals surface area contributed by atoms with Crippen LogP contribution in [0.3, 0.4) is 0 Å². The smallest absolute Gasteiger partial charge is 0.310 e. The van der Waals surface area contributed by atoms with Crippen molar-refractivity contribution < 1.29 is 23.4 Å². The van der Waals surface area contributed by atoms with Gasteiger partial charge in [-0.05, 0) is 50.2 Å². The minimum absolute atomic E-state index is 0.234. The van der Waals surface area contributed by atoms with Crippen LogP contribution in [-0.4, -0.2) is 40.7 Å². The zero-order valence-corrected chi connectivity index (χ0v) is 27.5. The molecule has 0 unspecified atom stereocenters. The fourth-order valence-electron chi connectivity index (χ4n) is 5.05. The summed E-state index contributed by atoms with van der Waals surface area (Å²) in [6.45, 7) is 9.03. The molecule has 214 valence electrons. The highest BCUT2D eigenvalue weighted by Gasteiger charge is 2.52. The molecule has 0 aliphatic heterocycles. The predicted molar refractivity (Wildman–Crippen MR) is 173 cm³/mol. The number of hydrogen-bond acceptors (Lipinski definition) is 5. The normalized spacial score (nSPS) is 14.5. The first kappa shape index (κ1) is 32.1. The molecule has 0 bridgehead atoms. The minimum atomic E-state index is -2.92. The number of hydrogen-bond donors (Lipinski definition) is 0. The predicted octanol–water partition coefficient (Wildman–Crippen LogP) is 6.67. The molecule has 0 amide bonds. The highest BCUT2D eigenvalue weighted by molar-refractivity contribution is 14.1. The fourth-order valence-corrected chi connectivity index (χ4v) is 10.3. The molecule has 40 heavy (non-hydrogen) atoms. The Morgan fingerprint density at radius 2 is 1.45 bits per heavy atom. The first-order valence-electron chi connectivity index (χ1n) is 13.5. The second-order valence-electron chi connectivity index (χ2n) is 10.9. The van der Waals surface area contributed by atoms with Gasteiger partial charge in [0.05, 0.1) is 39.0 Å². The van der Waals surface area contributed by atoms with E-state index in [4.69, 9.17) is 18.6 Å². The lowest BCUT2D eigenvalue weighted by molar-refractivity contribution is -0.148. The van der Waals surface area contributed by atoms with E-state index >= 15 is 0 Å². The molecule has 0 saturated carbocycles. The summed E-state index contributed by atoms with van der Waals surface area (Å²) >= 11 is 2.21. The third-order valence-electron chi connectivity index (χ3n) is 7.25. The molecule has 0 heterocycles. The van der Waals surface area contributed by atoms with Gasteiger partial charge in [0.15, 0.2) is 0 Å². The highest BCUT2D eigenvalue weighted by atomic mass is 127. The number of rotatable bonds is 13. The van der Waals surface area contributed by atoms with Gasteiger partial charge in [0.2, 0.25) is 0 Å². The van der Waals surface area contributed by atoms with E-state index in [0.717, 1.165) is 21.7 Å². The molecule has 0 fully saturated rings. The number of ether oxygens (including phenoxy) is 3. The largest absolute Gasteiger partial charge is 0.497 e. The van der Waals surface area contributed by atoms with Gasteiger partial charge in [-0.1, -0.05) is 116 Å². The molecular formula is C33H41IO5Si. The summed E-state index contributed by atoms with van der Waals surface area (Å²) in [6.07, 6.45) is 1.80. The Morgan fingerprint density at radius 1 is 0.900 bits per heavy atom. The molecule has 3 aromatic carbocycles. The van der Waals surface area contributed by atoms with Crippen LogP contribution in [0.2, 0.25) is 5.04 Å². The van der Waals surface area contributed by atoms with Gasteiger partial charge in [0.25, 0.3) is 8.32 Å². The monoisotopic (exact) mass is 672 g/mol. The maximum absolute atomic E-state index is 13.0. The molecule has 3 rings (SSSR count). The molecule has 0 spiro atoms. The van der Waals surface area contributed by atoms with Gasteiger partial charge in [-0.15, -0.1) is 0 Å². The maximum atomic E-state index is 13.0. The lowest BCUT2D eigenvalue weighted by Gasteiger charge is -2.46. The van der Waals surface area contributed by atoms with Gasteiger partial charge >= 0.3 is 5.97 Å². The summed E-state index contributed by atoms with van der Waals surface area (Å²) in [6, 6.07) is 28.8. The van der Waals surface area contributed by atoms with Crippen molar-refractivity contribution in [3.63, 3.8) is 0 Å². The molecule has 0 N–H and O–H groups in total. The van der Waals surface area contributed by atoms with Crippen LogP contribution in [-0.2, 0) is 25.3 Å². The molecule has 5 nitrogen and oxygen atoms in total. The first-order valence-corrected chi connectivity index (χ1v) is 16.7. The summed E-state index contributed by atoms with van der Waals surface area (Å²) < 4.78 is 26.3. The Bertz CT molecular complexity index is 1170. The van der Waals surface area contributed by atoms with E-state index in [1.165, 1.54) is 7.11 Å². The van der Waals surface area contributed by atoms with E-state index in [-0.39, 0.29) is 17.1 Å². The van der Waals surface area contributed by atoms with E-state index in [1.807, 2.05) is 53.5 Å². The number of carbonyl (C=O) groups excluding carboxylic acids is 1. The Morgan fingerprint density at radius 3 is 1.90 bits per heavy atom.